The third kappa shape index (κ3) is 3.22. The van der Waals surface area contributed by atoms with Crippen LogP contribution >= 0.6 is 0 Å². The van der Waals surface area contributed by atoms with Crippen molar-refractivity contribution in [2.75, 3.05) is 18.1 Å². The molecule has 0 spiro atoms. The Balaban J connectivity index is 1.64. The molecule has 1 amide bonds. The van der Waals surface area contributed by atoms with Crippen molar-refractivity contribution in [3.05, 3.63) is 65.2 Å². The van der Waals surface area contributed by atoms with Crippen molar-refractivity contribution in [1.29, 1.82) is 0 Å². The standard InChI is InChI=1S/C19H18F2N2O2/c20-15-4-1-13(2-5-15)10-22-8-7-17-12-25-19(24)23(17)18-9-16(21)6-3-14(18)11-22/h1-6,9,17H,7-8,10-12H2. The van der Waals surface area contributed by atoms with E-state index in [-0.39, 0.29) is 17.7 Å². The van der Waals surface area contributed by atoms with E-state index in [1.165, 1.54) is 24.3 Å². The van der Waals surface area contributed by atoms with Gasteiger partial charge in [-0.3, -0.25) is 9.80 Å². The summed E-state index contributed by atoms with van der Waals surface area (Å²) < 4.78 is 32.0. The molecule has 6 heteroatoms. The fourth-order valence-electron chi connectivity index (χ4n) is 3.50. The van der Waals surface area contributed by atoms with Crippen LogP contribution in [0.25, 0.3) is 0 Å². The van der Waals surface area contributed by atoms with Gasteiger partial charge in [-0.1, -0.05) is 18.2 Å². The lowest BCUT2D eigenvalue weighted by Crippen LogP contribution is -2.40. The molecule has 4 nitrogen and oxygen atoms in total. The molecule has 1 unspecified atom stereocenters. The molecule has 0 saturated carbocycles. The van der Waals surface area contributed by atoms with Crippen LogP contribution in [0.2, 0.25) is 0 Å². The third-order valence-corrected chi connectivity index (χ3v) is 4.76. The Morgan fingerprint density at radius 3 is 2.64 bits per heavy atom. The number of amides is 1. The molecule has 25 heavy (non-hydrogen) atoms. The van der Waals surface area contributed by atoms with Crippen molar-refractivity contribution >= 4 is 11.8 Å². The smallest absolute Gasteiger partial charge is 0.414 e. The molecule has 0 N–H and O–H groups in total. The number of hydrogen-bond donors (Lipinski definition) is 0. The summed E-state index contributed by atoms with van der Waals surface area (Å²) in [7, 11) is 0. The average Bonchev–Trinajstić information content (AvgIpc) is 2.94. The van der Waals surface area contributed by atoms with Crippen LogP contribution in [0.1, 0.15) is 17.5 Å². The second-order valence-corrected chi connectivity index (χ2v) is 6.50. The van der Waals surface area contributed by atoms with Crippen molar-refractivity contribution in [3.8, 4) is 0 Å². The highest BCUT2D eigenvalue weighted by Gasteiger charge is 2.37. The molecule has 0 aliphatic carbocycles. The Kier molecular flexibility index (Phi) is 4.13. The zero-order valence-corrected chi connectivity index (χ0v) is 13.6. The SMILES string of the molecule is O=C1OCC2CCN(Cc3ccc(F)cc3)Cc3ccc(F)cc3N12. The van der Waals surface area contributed by atoms with Crippen LogP contribution in [-0.4, -0.2) is 30.2 Å². The summed E-state index contributed by atoms with van der Waals surface area (Å²) in [6.45, 7) is 2.34. The molecule has 0 bridgehead atoms. The molecule has 1 saturated heterocycles. The van der Waals surface area contributed by atoms with Gasteiger partial charge in [0.25, 0.3) is 0 Å². The highest BCUT2D eigenvalue weighted by molar-refractivity contribution is 5.91. The summed E-state index contributed by atoms with van der Waals surface area (Å²) in [6, 6.07) is 10.9. The van der Waals surface area contributed by atoms with E-state index in [0.717, 1.165) is 24.1 Å². The van der Waals surface area contributed by atoms with Crippen molar-refractivity contribution < 1.29 is 18.3 Å². The predicted molar refractivity (Wildman–Crippen MR) is 89.1 cm³/mol. The first-order valence-corrected chi connectivity index (χ1v) is 8.31. The van der Waals surface area contributed by atoms with Gasteiger partial charge in [0.1, 0.15) is 18.2 Å². The summed E-state index contributed by atoms with van der Waals surface area (Å²) in [5, 5.41) is 0. The van der Waals surface area contributed by atoms with E-state index in [1.807, 2.05) is 0 Å². The van der Waals surface area contributed by atoms with Gasteiger partial charge in [-0.25, -0.2) is 13.6 Å². The minimum Gasteiger partial charge on any atom is -0.447 e. The largest absolute Gasteiger partial charge is 0.447 e. The Labute approximate surface area is 144 Å². The fourth-order valence-corrected chi connectivity index (χ4v) is 3.50. The molecule has 1 atom stereocenters. The van der Waals surface area contributed by atoms with Crippen LogP contribution < -0.4 is 4.90 Å². The van der Waals surface area contributed by atoms with Gasteiger partial charge in [-0.15, -0.1) is 0 Å². The lowest BCUT2D eigenvalue weighted by Gasteiger charge is -2.32. The van der Waals surface area contributed by atoms with Gasteiger partial charge in [0.2, 0.25) is 0 Å². The number of ether oxygens (including phenoxy) is 1. The topological polar surface area (TPSA) is 32.8 Å². The minimum absolute atomic E-state index is 0.0935. The molecule has 2 heterocycles. The number of anilines is 1. The monoisotopic (exact) mass is 344 g/mol. The first kappa shape index (κ1) is 16.0. The molecule has 2 aromatic carbocycles. The quantitative estimate of drug-likeness (QED) is 0.833. The first-order chi connectivity index (χ1) is 12.1. The van der Waals surface area contributed by atoms with Crippen molar-refractivity contribution in [1.82, 2.24) is 4.90 Å². The highest BCUT2D eigenvalue weighted by atomic mass is 19.1. The Morgan fingerprint density at radius 1 is 1.08 bits per heavy atom. The predicted octanol–water partition coefficient (Wildman–Crippen LogP) is 3.70. The van der Waals surface area contributed by atoms with Crippen LogP contribution in [-0.2, 0) is 17.8 Å². The van der Waals surface area contributed by atoms with Crippen LogP contribution in [0.3, 0.4) is 0 Å². The lowest BCUT2D eigenvalue weighted by atomic mass is 10.0. The van der Waals surface area contributed by atoms with Gasteiger partial charge < -0.3 is 4.74 Å². The van der Waals surface area contributed by atoms with Gasteiger partial charge in [-0.2, -0.15) is 0 Å². The van der Waals surface area contributed by atoms with E-state index >= 15 is 0 Å². The Hall–Kier alpha value is -2.47. The highest BCUT2D eigenvalue weighted by Crippen LogP contribution is 2.32. The van der Waals surface area contributed by atoms with E-state index in [2.05, 4.69) is 4.90 Å². The number of hydrogen-bond acceptors (Lipinski definition) is 3. The summed E-state index contributed by atoms with van der Waals surface area (Å²) >= 11 is 0. The van der Waals surface area contributed by atoms with Crippen LogP contribution in [0.15, 0.2) is 42.5 Å². The van der Waals surface area contributed by atoms with Crippen LogP contribution in [0.4, 0.5) is 19.3 Å². The van der Waals surface area contributed by atoms with Gasteiger partial charge in [0, 0.05) is 19.6 Å². The van der Waals surface area contributed by atoms with E-state index < -0.39 is 6.09 Å². The number of nitrogens with zero attached hydrogens (tertiary/aromatic N) is 2. The Bertz CT molecular complexity index is 795. The lowest BCUT2D eigenvalue weighted by molar-refractivity contribution is 0.177. The third-order valence-electron chi connectivity index (χ3n) is 4.76. The van der Waals surface area contributed by atoms with Gasteiger partial charge >= 0.3 is 6.09 Å². The van der Waals surface area contributed by atoms with E-state index in [0.29, 0.717) is 25.4 Å². The second-order valence-electron chi connectivity index (χ2n) is 6.50. The zero-order chi connectivity index (χ0) is 17.4. The molecule has 0 radical (unpaired) electrons. The van der Waals surface area contributed by atoms with Gasteiger partial charge in [-0.05, 0) is 41.8 Å². The Morgan fingerprint density at radius 2 is 1.84 bits per heavy atom. The number of carbonyl (C=O) groups is 1. The van der Waals surface area contributed by atoms with Gasteiger partial charge in [0.15, 0.2) is 0 Å². The maximum atomic E-state index is 13.8. The average molecular weight is 344 g/mol. The van der Waals surface area contributed by atoms with Gasteiger partial charge in [0.05, 0.1) is 11.7 Å². The van der Waals surface area contributed by atoms with Crippen molar-refractivity contribution in [2.24, 2.45) is 0 Å². The minimum atomic E-state index is -0.413. The summed E-state index contributed by atoms with van der Waals surface area (Å²) in [6.07, 6.45) is 0.326. The number of halogens is 2. The fraction of sp³-hybridized carbons (Fsp3) is 0.316. The van der Waals surface area contributed by atoms with E-state index in [9.17, 15) is 13.6 Å². The molecular weight excluding hydrogens is 326 g/mol. The second kappa shape index (κ2) is 6.44. The summed E-state index contributed by atoms with van der Waals surface area (Å²) in [4.78, 5) is 15.9. The van der Waals surface area contributed by atoms with Crippen LogP contribution in [0.5, 0.6) is 0 Å². The number of carbonyl (C=O) groups excluding carboxylic acids is 1. The molecule has 2 aromatic rings. The van der Waals surface area contributed by atoms with Crippen molar-refractivity contribution in [3.63, 3.8) is 0 Å². The van der Waals surface area contributed by atoms with Crippen molar-refractivity contribution in [2.45, 2.75) is 25.6 Å². The zero-order valence-electron chi connectivity index (χ0n) is 13.6. The molecule has 2 aliphatic rings. The number of fused-ring (bicyclic) bond motifs is 3. The molecular formula is C19H18F2N2O2. The van der Waals surface area contributed by atoms with E-state index in [1.54, 1.807) is 23.1 Å². The molecule has 2 aliphatic heterocycles. The summed E-state index contributed by atoms with van der Waals surface area (Å²) in [5.74, 6) is -0.627. The normalized spacial score (nSPS) is 20.5. The molecule has 130 valence electrons. The molecule has 0 aromatic heterocycles. The summed E-state index contributed by atoms with van der Waals surface area (Å²) in [5.41, 5.74) is 2.48. The molecule has 1 fully saturated rings. The molecule has 4 rings (SSSR count). The maximum Gasteiger partial charge on any atom is 0.414 e. The maximum absolute atomic E-state index is 13.8. The number of benzene rings is 2. The van der Waals surface area contributed by atoms with Crippen LogP contribution in [0, 0.1) is 11.6 Å². The van der Waals surface area contributed by atoms with E-state index in [4.69, 9.17) is 4.74 Å². The first-order valence-electron chi connectivity index (χ1n) is 8.31. The number of cyclic esters (lactones) is 1. The number of rotatable bonds is 2.